The number of ether oxygens (including phenoxy) is 1. The number of carbonyl (C=O) groups is 1. The number of nitrogens with zero attached hydrogens (tertiary/aromatic N) is 4. The molecule has 2 aliphatic heterocycles. The molecule has 0 atom stereocenters. The second kappa shape index (κ2) is 9.75. The van der Waals surface area contributed by atoms with Gasteiger partial charge in [-0.05, 0) is 43.1 Å². The van der Waals surface area contributed by atoms with Gasteiger partial charge in [0.25, 0.3) is 5.56 Å². The number of hydrogen-bond donors (Lipinski definition) is 0. The van der Waals surface area contributed by atoms with E-state index in [1.807, 2.05) is 26.0 Å². The van der Waals surface area contributed by atoms with Crippen molar-refractivity contribution in [3.05, 3.63) is 78.0 Å². The van der Waals surface area contributed by atoms with Gasteiger partial charge >= 0.3 is 11.7 Å². The monoisotopic (exact) mass is 518 g/mol. The van der Waals surface area contributed by atoms with Crippen LogP contribution in [0, 0.1) is 24.4 Å². The normalized spacial score (nSPS) is 13.2. The van der Waals surface area contributed by atoms with Gasteiger partial charge in [-0.3, -0.25) is 4.79 Å². The molecule has 1 aromatic carbocycles. The predicted octanol–water partition coefficient (Wildman–Crippen LogP) is 3.54. The van der Waals surface area contributed by atoms with E-state index in [0.717, 1.165) is 24.5 Å². The molecule has 4 rings (SSSR count). The zero-order valence-corrected chi connectivity index (χ0v) is 20.4. The van der Waals surface area contributed by atoms with Gasteiger partial charge in [-0.1, -0.05) is 13.0 Å². The third-order valence-electron chi connectivity index (χ3n) is 6.37. The molecule has 0 unspecified atom stereocenters. The summed E-state index contributed by atoms with van der Waals surface area (Å²) in [6.07, 6.45) is 5.08. The largest absolute Gasteiger partial charge is 0.422 e. The molecule has 1 aliphatic carbocycles. The van der Waals surface area contributed by atoms with Gasteiger partial charge in [0.1, 0.15) is 13.2 Å². The molecule has 0 saturated heterocycles. The molecule has 2 heterocycles. The molecule has 0 bridgehead atoms. The number of fused-ring (bicyclic) bond motifs is 2. The first-order valence-electron chi connectivity index (χ1n) is 11.3. The quantitative estimate of drug-likeness (QED) is 0.222. The number of hydrogen-bond acceptors (Lipinski definition) is 6. The highest BCUT2D eigenvalue weighted by Gasteiger charge is 2.28. The van der Waals surface area contributed by atoms with E-state index in [2.05, 4.69) is 9.97 Å². The van der Waals surface area contributed by atoms with Gasteiger partial charge in [0.05, 0.1) is 11.4 Å². The third kappa shape index (κ3) is 4.36. The fraction of sp³-hybridized carbons (Fsp3) is 0.320. The summed E-state index contributed by atoms with van der Waals surface area (Å²) in [5, 5.41) is 0. The molecular formula is C25H22F4N4O4. The topological polar surface area (TPSA) is 96.1 Å². The van der Waals surface area contributed by atoms with Crippen molar-refractivity contribution in [3.63, 3.8) is 0 Å². The molecule has 0 radical (unpaired) electrons. The number of aromatic nitrogens is 4. The Hall–Kier alpha value is -4.09. The lowest BCUT2D eigenvalue weighted by Crippen LogP contribution is -2.41. The average Bonchev–Trinajstić information content (AvgIpc) is 3.03. The highest BCUT2D eigenvalue weighted by atomic mass is 19.2. The van der Waals surface area contributed by atoms with Crippen LogP contribution in [0.3, 0.4) is 0 Å². The summed E-state index contributed by atoms with van der Waals surface area (Å²) in [5.41, 5.74) is -0.227. The lowest BCUT2D eigenvalue weighted by Gasteiger charge is -2.17. The summed E-state index contributed by atoms with van der Waals surface area (Å²) in [4.78, 5) is 46.6. The molecule has 3 aliphatic rings. The van der Waals surface area contributed by atoms with Crippen LogP contribution < -0.4 is 16.0 Å². The minimum atomic E-state index is -1.95. The van der Waals surface area contributed by atoms with E-state index in [0.29, 0.717) is 22.4 Å². The lowest BCUT2D eigenvalue weighted by molar-refractivity contribution is -0.135. The minimum absolute atomic E-state index is 0.00986. The van der Waals surface area contributed by atoms with Crippen LogP contribution >= 0.6 is 0 Å². The van der Waals surface area contributed by atoms with Gasteiger partial charge in [0, 0.05) is 19.0 Å². The summed E-state index contributed by atoms with van der Waals surface area (Å²) in [6, 6.07) is 0. The van der Waals surface area contributed by atoms with Crippen LogP contribution in [-0.2, 0) is 31.5 Å². The van der Waals surface area contributed by atoms with E-state index in [-0.39, 0.29) is 11.5 Å². The molecule has 0 amide bonds. The van der Waals surface area contributed by atoms with E-state index in [1.54, 1.807) is 11.6 Å². The Morgan fingerprint density at radius 3 is 2.46 bits per heavy atom. The first kappa shape index (κ1) is 26.0. The van der Waals surface area contributed by atoms with Gasteiger partial charge in [-0.15, -0.1) is 0 Å². The Labute approximate surface area is 207 Å². The molecule has 194 valence electrons. The smallest absolute Gasteiger partial charge is 0.353 e. The summed E-state index contributed by atoms with van der Waals surface area (Å²) in [5.74, 6) is -8.04. The van der Waals surface area contributed by atoms with E-state index in [1.165, 1.54) is 0 Å². The van der Waals surface area contributed by atoms with Crippen molar-refractivity contribution in [3.8, 4) is 17.3 Å². The van der Waals surface area contributed by atoms with Crippen molar-refractivity contribution in [2.45, 2.75) is 46.8 Å². The predicted molar refractivity (Wildman–Crippen MR) is 125 cm³/mol. The SMILES string of the molecule is CCC1=CCc2nc3c(=O)n(CC(=O)Oc4c(F)c(F)c(F)c(C)c4CF)c(=O)nc-3n(C)c2C=C1C. The van der Waals surface area contributed by atoms with Gasteiger partial charge in [-0.25, -0.2) is 32.3 Å². The fourth-order valence-corrected chi connectivity index (χ4v) is 4.26. The first-order valence-corrected chi connectivity index (χ1v) is 11.3. The fourth-order valence-electron chi connectivity index (χ4n) is 4.26. The maximum absolute atomic E-state index is 14.3. The van der Waals surface area contributed by atoms with Crippen LogP contribution in [0.5, 0.6) is 5.75 Å². The Balaban J connectivity index is 1.77. The molecule has 0 aromatic heterocycles. The van der Waals surface area contributed by atoms with Gasteiger partial charge in [-0.2, -0.15) is 9.37 Å². The van der Waals surface area contributed by atoms with Crippen molar-refractivity contribution in [2.24, 2.45) is 7.05 Å². The average molecular weight is 518 g/mol. The van der Waals surface area contributed by atoms with Gasteiger partial charge in [0.2, 0.25) is 5.82 Å². The van der Waals surface area contributed by atoms with E-state index >= 15 is 0 Å². The van der Waals surface area contributed by atoms with Crippen LogP contribution in [-0.4, -0.2) is 25.1 Å². The summed E-state index contributed by atoms with van der Waals surface area (Å²) in [6.45, 7) is 2.43. The standard InChI is InChI=1S/C25H22F4N4O4/c1-5-13-6-7-15-16(8-11(13)2)32(4)23-21(30-15)24(35)33(25(36)31-23)10-17(34)37-22-14(9-26)12(3)18(27)19(28)20(22)29/h6,8H,5,7,9-10H2,1-4H3. The molecular weight excluding hydrogens is 496 g/mol. The number of halogens is 4. The van der Waals surface area contributed by atoms with Crippen molar-refractivity contribution < 1.29 is 27.1 Å². The van der Waals surface area contributed by atoms with Gasteiger partial charge in [0.15, 0.2) is 28.9 Å². The van der Waals surface area contributed by atoms with Crippen LogP contribution in [0.15, 0.2) is 26.8 Å². The molecule has 12 heteroatoms. The number of alkyl halides is 1. The van der Waals surface area contributed by atoms with Crippen LogP contribution in [0.2, 0.25) is 0 Å². The third-order valence-corrected chi connectivity index (χ3v) is 6.37. The molecule has 8 nitrogen and oxygen atoms in total. The Kier molecular flexibility index (Phi) is 6.85. The van der Waals surface area contributed by atoms with Crippen molar-refractivity contribution in [1.29, 1.82) is 0 Å². The Morgan fingerprint density at radius 2 is 1.81 bits per heavy atom. The molecule has 0 saturated carbocycles. The summed E-state index contributed by atoms with van der Waals surface area (Å²) in [7, 11) is 1.63. The molecule has 0 N–H and O–H groups in total. The van der Waals surface area contributed by atoms with Crippen LogP contribution in [0.4, 0.5) is 17.6 Å². The number of rotatable bonds is 5. The molecule has 37 heavy (non-hydrogen) atoms. The second-order valence-electron chi connectivity index (χ2n) is 8.56. The Bertz CT molecular complexity index is 1600. The maximum atomic E-state index is 14.3. The number of esters is 1. The summed E-state index contributed by atoms with van der Waals surface area (Å²) >= 11 is 0. The second-order valence-corrected chi connectivity index (χ2v) is 8.56. The van der Waals surface area contributed by atoms with E-state index < -0.39 is 64.8 Å². The zero-order chi connectivity index (χ0) is 27.2. The van der Waals surface area contributed by atoms with Crippen molar-refractivity contribution in [1.82, 2.24) is 19.1 Å². The molecule has 0 fully saturated rings. The zero-order valence-electron chi connectivity index (χ0n) is 20.4. The first-order chi connectivity index (χ1) is 17.5. The van der Waals surface area contributed by atoms with Crippen molar-refractivity contribution in [2.75, 3.05) is 0 Å². The van der Waals surface area contributed by atoms with Crippen molar-refractivity contribution >= 4 is 12.0 Å². The van der Waals surface area contributed by atoms with Gasteiger partial charge < -0.3 is 9.30 Å². The molecule has 0 spiro atoms. The van der Waals surface area contributed by atoms with Crippen LogP contribution in [0.1, 0.15) is 42.8 Å². The number of allylic oxidation sites excluding steroid dienone is 3. The molecule has 1 aromatic rings. The van der Waals surface area contributed by atoms with E-state index in [4.69, 9.17) is 4.74 Å². The number of carbonyl (C=O) groups excluding carboxylic acids is 1. The number of benzene rings is 1. The summed E-state index contributed by atoms with van der Waals surface area (Å²) < 4.78 is 62.0. The lowest BCUT2D eigenvalue weighted by atomic mass is 10.1. The highest BCUT2D eigenvalue weighted by Crippen LogP contribution is 2.32. The minimum Gasteiger partial charge on any atom is -0.422 e. The maximum Gasteiger partial charge on any atom is 0.353 e. The highest BCUT2D eigenvalue weighted by molar-refractivity contribution is 5.73. The van der Waals surface area contributed by atoms with Crippen LogP contribution in [0.25, 0.3) is 17.6 Å². The van der Waals surface area contributed by atoms with E-state index in [9.17, 15) is 31.9 Å². The Morgan fingerprint density at radius 1 is 1.11 bits per heavy atom.